The van der Waals surface area contributed by atoms with Crippen LogP contribution in [0.4, 0.5) is 0 Å². The van der Waals surface area contributed by atoms with Crippen LogP contribution in [0, 0.1) is 0 Å². The number of aryl methyl sites for hydroxylation is 1. The molecule has 0 bridgehead atoms. The van der Waals surface area contributed by atoms with Crippen molar-refractivity contribution in [2.24, 2.45) is 5.73 Å². The summed E-state index contributed by atoms with van der Waals surface area (Å²) in [6, 6.07) is -0.186. The van der Waals surface area contributed by atoms with E-state index in [9.17, 15) is 14.7 Å². The number of aliphatic carboxylic acids is 2. The van der Waals surface area contributed by atoms with Gasteiger partial charge in [0, 0.05) is 24.4 Å². The molecule has 1 aromatic rings. The third-order valence-electron chi connectivity index (χ3n) is 3.43. The molecule has 0 amide bonds. The van der Waals surface area contributed by atoms with Crippen LogP contribution in [0.25, 0.3) is 0 Å². The van der Waals surface area contributed by atoms with E-state index in [0.29, 0.717) is 24.8 Å². The van der Waals surface area contributed by atoms with Gasteiger partial charge in [0.05, 0.1) is 5.92 Å². The van der Waals surface area contributed by atoms with Crippen LogP contribution in [-0.4, -0.2) is 27.1 Å². The van der Waals surface area contributed by atoms with Gasteiger partial charge in [0.15, 0.2) is 0 Å². The Morgan fingerprint density at radius 1 is 1.39 bits per heavy atom. The van der Waals surface area contributed by atoms with Crippen molar-refractivity contribution in [1.29, 1.82) is 0 Å². The predicted octanol–water partition coefficient (Wildman–Crippen LogP) is 0.994. The molecule has 98 valence electrons. The summed E-state index contributed by atoms with van der Waals surface area (Å²) in [7, 11) is 0. The van der Waals surface area contributed by atoms with Crippen LogP contribution in [-0.2, 0) is 16.0 Å². The van der Waals surface area contributed by atoms with Gasteiger partial charge >= 0.3 is 11.9 Å². The number of carboxylic acids is 2. The smallest absolute Gasteiger partial charge is 0.311 e. The van der Waals surface area contributed by atoms with Crippen LogP contribution in [0.15, 0.2) is 6.20 Å². The normalized spacial score (nSPS) is 22.5. The number of rotatable bonds is 4. The highest BCUT2D eigenvalue weighted by atomic mass is 16.4. The van der Waals surface area contributed by atoms with E-state index in [0.717, 1.165) is 11.3 Å². The minimum Gasteiger partial charge on any atom is -0.481 e. The second-order valence-electron chi connectivity index (χ2n) is 4.61. The summed E-state index contributed by atoms with van der Waals surface area (Å²) in [5.74, 6) is -2.34. The van der Waals surface area contributed by atoms with Crippen LogP contribution < -0.4 is 5.73 Å². The number of aromatic amines is 1. The van der Waals surface area contributed by atoms with Gasteiger partial charge in [-0.1, -0.05) is 0 Å². The van der Waals surface area contributed by atoms with Crippen molar-refractivity contribution in [2.75, 3.05) is 0 Å². The molecule has 1 aliphatic rings. The Labute approximate surface area is 104 Å². The first-order chi connectivity index (χ1) is 8.50. The van der Waals surface area contributed by atoms with Gasteiger partial charge in [-0.25, -0.2) is 0 Å². The summed E-state index contributed by atoms with van der Waals surface area (Å²) >= 11 is 0. The molecule has 0 radical (unpaired) electrons. The molecule has 0 fully saturated rings. The number of nitrogens with two attached hydrogens (primary N) is 1. The maximum Gasteiger partial charge on any atom is 0.311 e. The van der Waals surface area contributed by atoms with E-state index < -0.39 is 17.9 Å². The van der Waals surface area contributed by atoms with Crippen molar-refractivity contribution in [3.8, 4) is 0 Å². The Morgan fingerprint density at radius 2 is 2.11 bits per heavy atom. The number of hydrogen-bond donors (Lipinski definition) is 4. The van der Waals surface area contributed by atoms with E-state index in [-0.39, 0.29) is 12.5 Å². The minimum absolute atomic E-state index is 0.00807. The highest BCUT2D eigenvalue weighted by molar-refractivity contribution is 5.78. The zero-order valence-corrected chi connectivity index (χ0v) is 9.85. The number of aromatic nitrogens is 1. The summed E-state index contributed by atoms with van der Waals surface area (Å²) in [5, 5.41) is 17.9. The van der Waals surface area contributed by atoms with Crippen molar-refractivity contribution in [1.82, 2.24) is 4.98 Å². The lowest BCUT2D eigenvalue weighted by atomic mass is 9.82. The standard InChI is InChI=1S/C12H16N2O4/c13-8-3-2-7(12(17)18)10-6(1-4-9(15)16)5-14-11(8)10/h5,7-8,14H,1-4,13H2,(H,15,16)(H,17,18)/t7-,8+/m1/s1. The molecule has 2 atom stereocenters. The van der Waals surface area contributed by atoms with Gasteiger partial charge in [-0.05, 0) is 30.4 Å². The summed E-state index contributed by atoms with van der Waals surface area (Å²) < 4.78 is 0. The fourth-order valence-corrected chi connectivity index (χ4v) is 2.54. The SMILES string of the molecule is N[C@H]1CC[C@@H](C(=O)O)c2c(CCC(=O)O)c[nH]c21. The zero-order chi connectivity index (χ0) is 13.3. The first-order valence-corrected chi connectivity index (χ1v) is 5.91. The third kappa shape index (κ3) is 2.24. The van der Waals surface area contributed by atoms with Crippen LogP contribution in [0.1, 0.15) is 48.0 Å². The third-order valence-corrected chi connectivity index (χ3v) is 3.43. The minimum atomic E-state index is -0.892. The molecule has 5 N–H and O–H groups in total. The van der Waals surface area contributed by atoms with Gasteiger partial charge < -0.3 is 20.9 Å². The van der Waals surface area contributed by atoms with E-state index in [1.807, 2.05) is 0 Å². The fourth-order valence-electron chi connectivity index (χ4n) is 2.54. The Bertz CT molecular complexity index is 480. The number of H-pyrrole nitrogens is 1. The quantitative estimate of drug-likeness (QED) is 0.637. The van der Waals surface area contributed by atoms with Crippen molar-refractivity contribution in [3.63, 3.8) is 0 Å². The van der Waals surface area contributed by atoms with Crippen LogP contribution in [0.3, 0.4) is 0 Å². The zero-order valence-electron chi connectivity index (χ0n) is 9.85. The first-order valence-electron chi connectivity index (χ1n) is 5.91. The molecule has 0 saturated carbocycles. The van der Waals surface area contributed by atoms with Crippen LogP contribution in [0.2, 0.25) is 0 Å². The molecule has 0 aliphatic heterocycles. The molecule has 0 spiro atoms. The topological polar surface area (TPSA) is 116 Å². The molecule has 18 heavy (non-hydrogen) atoms. The molecular weight excluding hydrogens is 236 g/mol. The van der Waals surface area contributed by atoms with Crippen LogP contribution in [0.5, 0.6) is 0 Å². The van der Waals surface area contributed by atoms with Gasteiger partial charge in [-0.15, -0.1) is 0 Å². The maximum absolute atomic E-state index is 11.2. The number of carbonyl (C=O) groups is 2. The van der Waals surface area contributed by atoms with E-state index in [2.05, 4.69) is 4.98 Å². The molecule has 1 aliphatic carbocycles. The van der Waals surface area contributed by atoms with E-state index in [1.165, 1.54) is 0 Å². The summed E-state index contributed by atoms with van der Waals surface area (Å²) in [5.41, 5.74) is 8.14. The average molecular weight is 252 g/mol. The highest BCUT2D eigenvalue weighted by Crippen LogP contribution is 2.38. The average Bonchev–Trinajstić information content (AvgIpc) is 2.71. The first kappa shape index (κ1) is 12.6. The Hall–Kier alpha value is -1.82. The van der Waals surface area contributed by atoms with Gasteiger partial charge in [0.2, 0.25) is 0 Å². The lowest BCUT2D eigenvalue weighted by molar-refractivity contribution is -0.139. The van der Waals surface area contributed by atoms with Crippen molar-refractivity contribution in [3.05, 3.63) is 23.0 Å². The number of nitrogens with one attached hydrogen (secondary N) is 1. The monoisotopic (exact) mass is 252 g/mol. The highest BCUT2D eigenvalue weighted by Gasteiger charge is 2.33. The maximum atomic E-state index is 11.2. The summed E-state index contributed by atoms with van der Waals surface area (Å²) in [6.07, 6.45) is 3.14. The van der Waals surface area contributed by atoms with Crippen molar-refractivity contribution >= 4 is 11.9 Å². The van der Waals surface area contributed by atoms with E-state index >= 15 is 0 Å². The molecule has 0 saturated heterocycles. The largest absolute Gasteiger partial charge is 0.481 e. The fraction of sp³-hybridized carbons (Fsp3) is 0.500. The van der Waals surface area contributed by atoms with Crippen molar-refractivity contribution < 1.29 is 19.8 Å². The summed E-state index contributed by atoms with van der Waals surface area (Å²) in [6.45, 7) is 0. The van der Waals surface area contributed by atoms with Gasteiger partial charge in [-0.3, -0.25) is 9.59 Å². The molecule has 0 aromatic carbocycles. The molecule has 2 rings (SSSR count). The van der Waals surface area contributed by atoms with Gasteiger partial charge in [0.25, 0.3) is 0 Å². The molecule has 1 aromatic heterocycles. The number of hydrogen-bond acceptors (Lipinski definition) is 3. The van der Waals surface area contributed by atoms with Crippen molar-refractivity contribution in [2.45, 2.75) is 37.6 Å². The van der Waals surface area contributed by atoms with Gasteiger partial charge in [0.1, 0.15) is 0 Å². The van der Waals surface area contributed by atoms with Crippen LogP contribution >= 0.6 is 0 Å². The van der Waals surface area contributed by atoms with Gasteiger partial charge in [-0.2, -0.15) is 0 Å². The second kappa shape index (κ2) is 4.81. The molecular formula is C12H16N2O4. The molecule has 6 heteroatoms. The van der Waals surface area contributed by atoms with E-state index in [1.54, 1.807) is 6.20 Å². The molecule has 0 unspecified atom stereocenters. The Morgan fingerprint density at radius 3 is 2.72 bits per heavy atom. The Kier molecular flexibility index (Phi) is 3.38. The molecule has 1 heterocycles. The summed E-state index contributed by atoms with van der Waals surface area (Å²) in [4.78, 5) is 24.8. The number of carboxylic acid groups (broad SMARTS) is 2. The Balaban J connectivity index is 2.33. The lowest BCUT2D eigenvalue weighted by Gasteiger charge is -2.25. The number of fused-ring (bicyclic) bond motifs is 1. The molecule has 6 nitrogen and oxygen atoms in total. The van der Waals surface area contributed by atoms with E-state index in [4.69, 9.17) is 10.8 Å². The predicted molar refractivity (Wildman–Crippen MR) is 63.3 cm³/mol. The lowest BCUT2D eigenvalue weighted by Crippen LogP contribution is -2.25. The second-order valence-corrected chi connectivity index (χ2v) is 4.61.